The van der Waals surface area contributed by atoms with Crippen molar-refractivity contribution >= 4 is 17.4 Å². The van der Waals surface area contributed by atoms with E-state index in [4.69, 9.17) is 4.74 Å². The number of anilines is 1. The van der Waals surface area contributed by atoms with Crippen LogP contribution in [0.15, 0.2) is 48.5 Å². The fourth-order valence-electron chi connectivity index (χ4n) is 2.44. The number of nitro groups is 1. The molecule has 3 rings (SSSR count). The summed E-state index contributed by atoms with van der Waals surface area (Å²) >= 11 is 0. The van der Waals surface area contributed by atoms with Crippen molar-refractivity contribution in [2.45, 2.75) is 6.92 Å². The lowest BCUT2D eigenvalue weighted by Crippen LogP contribution is -2.22. The molecule has 0 atom stereocenters. The number of halogens is 2. The second kappa shape index (κ2) is 7.82. The van der Waals surface area contributed by atoms with Gasteiger partial charge in [0.25, 0.3) is 5.91 Å². The van der Waals surface area contributed by atoms with Gasteiger partial charge in [-0.25, -0.2) is 13.5 Å². The third-order valence-electron chi connectivity index (χ3n) is 3.65. The zero-order valence-electron chi connectivity index (χ0n) is 14.6. The normalized spacial score (nSPS) is 10.5. The van der Waals surface area contributed by atoms with E-state index < -0.39 is 34.8 Å². The van der Waals surface area contributed by atoms with Gasteiger partial charge in [0.2, 0.25) is 5.75 Å². The monoisotopic (exact) mass is 388 g/mol. The highest BCUT2D eigenvalue weighted by Crippen LogP contribution is 2.27. The Labute approximate surface area is 157 Å². The minimum Gasteiger partial charge on any atom is -0.477 e. The zero-order chi connectivity index (χ0) is 20.3. The number of carbonyl (C=O) groups is 1. The van der Waals surface area contributed by atoms with Crippen molar-refractivity contribution in [2.75, 3.05) is 11.9 Å². The Hall–Kier alpha value is -3.82. The average Bonchev–Trinajstić information content (AvgIpc) is 3.00. The number of nitro benzene ring substituents is 1. The number of ether oxygens (including phenoxy) is 1. The lowest BCUT2D eigenvalue weighted by molar-refractivity contribution is -0.385. The largest absolute Gasteiger partial charge is 0.477 e. The van der Waals surface area contributed by atoms with Crippen LogP contribution in [0.3, 0.4) is 0 Å². The van der Waals surface area contributed by atoms with Gasteiger partial charge in [-0.15, -0.1) is 0 Å². The standard InChI is InChI=1S/C18H14F2N4O4/c1-11-8-17(23(22-11)14-5-2-12(19)3-6-14)21-18(25)10-28-16-9-13(20)4-7-15(16)24(26)27/h2-9H,10H2,1H3,(H,21,25). The number of nitrogens with one attached hydrogen (secondary N) is 1. The van der Waals surface area contributed by atoms with Crippen LogP contribution in [0.25, 0.3) is 5.69 Å². The first-order valence-corrected chi connectivity index (χ1v) is 8.02. The number of amides is 1. The summed E-state index contributed by atoms with van der Waals surface area (Å²) in [6.07, 6.45) is 0. The summed E-state index contributed by atoms with van der Waals surface area (Å²) in [4.78, 5) is 22.4. The molecule has 0 fully saturated rings. The van der Waals surface area contributed by atoms with Gasteiger partial charge in [-0.1, -0.05) is 0 Å². The third kappa shape index (κ3) is 4.29. The van der Waals surface area contributed by atoms with Gasteiger partial charge < -0.3 is 10.1 Å². The molecule has 10 heteroatoms. The molecule has 0 aliphatic heterocycles. The fourth-order valence-corrected chi connectivity index (χ4v) is 2.44. The summed E-state index contributed by atoms with van der Waals surface area (Å²) in [6.45, 7) is 1.13. The Morgan fingerprint density at radius 2 is 1.86 bits per heavy atom. The molecule has 0 spiro atoms. The third-order valence-corrected chi connectivity index (χ3v) is 3.65. The molecule has 1 N–H and O–H groups in total. The number of carbonyl (C=O) groups excluding carboxylic acids is 1. The van der Waals surface area contributed by atoms with E-state index in [0.717, 1.165) is 18.2 Å². The second-order valence-electron chi connectivity index (χ2n) is 5.77. The van der Waals surface area contributed by atoms with Crippen molar-refractivity contribution in [3.05, 3.63) is 76.0 Å². The summed E-state index contributed by atoms with van der Waals surface area (Å²) in [7, 11) is 0. The van der Waals surface area contributed by atoms with E-state index in [1.54, 1.807) is 13.0 Å². The van der Waals surface area contributed by atoms with E-state index in [2.05, 4.69) is 10.4 Å². The molecular weight excluding hydrogens is 374 g/mol. The van der Waals surface area contributed by atoms with Gasteiger partial charge in [-0.05, 0) is 37.3 Å². The van der Waals surface area contributed by atoms with Crippen LogP contribution in [0.1, 0.15) is 5.69 Å². The van der Waals surface area contributed by atoms with Crippen LogP contribution in [0, 0.1) is 28.7 Å². The van der Waals surface area contributed by atoms with Crippen LogP contribution in [0.2, 0.25) is 0 Å². The van der Waals surface area contributed by atoms with E-state index in [9.17, 15) is 23.7 Å². The number of hydrogen-bond donors (Lipinski definition) is 1. The predicted octanol–water partition coefficient (Wildman–Crippen LogP) is 3.38. The highest BCUT2D eigenvalue weighted by molar-refractivity contribution is 5.91. The topological polar surface area (TPSA) is 99.3 Å². The van der Waals surface area contributed by atoms with Crippen molar-refractivity contribution in [2.24, 2.45) is 0 Å². The first kappa shape index (κ1) is 19.0. The molecule has 144 valence electrons. The smallest absolute Gasteiger partial charge is 0.311 e. The number of aryl methyl sites for hydroxylation is 1. The minimum atomic E-state index is -0.736. The highest BCUT2D eigenvalue weighted by Gasteiger charge is 2.18. The summed E-state index contributed by atoms with van der Waals surface area (Å²) in [5.74, 6) is -1.84. The Kier molecular flexibility index (Phi) is 5.30. The van der Waals surface area contributed by atoms with Crippen LogP contribution in [0.5, 0.6) is 5.75 Å². The predicted molar refractivity (Wildman–Crippen MR) is 95.4 cm³/mol. The molecule has 3 aromatic rings. The SMILES string of the molecule is Cc1cc(NC(=O)COc2cc(F)ccc2[N+](=O)[O-])n(-c2ccc(F)cc2)n1. The average molecular weight is 388 g/mol. The number of rotatable bonds is 6. The number of nitrogens with zero attached hydrogens (tertiary/aromatic N) is 3. The van der Waals surface area contributed by atoms with Gasteiger partial charge >= 0.3 is 5.69 Å². The summed E-state index contributed by atoms with van der Waals surface area (Å²) < 4.78 is 32.9. The lowest BCUT2D eigenvalue weighted by atomic mass is 10.3. The Morgan fingerprint density at radius 3 is 2.54 bits per heavy atom. The molecule has 0 aliphatic rings. The van der Waals surface area contributed by atoms with Gasteiger partial charge in [0.05, 0.1) is 16.3 Å². The maximum atomic E-state index is 13.3. The van der Waals surface area contributed by atoms with Gasteiger partial charge in [0, 0.05) is 18.2 Å². The molecule has 0 saturated heterocycles. The molecule has 1 amide bonds. The van der Waals surface area contributed by atoms with Gasteiger partial charge in [-0.2, -0.15) is 5.10 Å². The van der Waals surface area contributed by atoms with Gasteiger partial charge in [-0.3, -0.25) is 14.9 Å². The van der Waals surface area contributed by atoms with Gasteiger partial charge in [0.1, 0.15) is 17.5 Å². The summed E-state index contributed by atoms with van der Waals surface area (Å²) in [5.41, 5.74) is 0.661. The van der Waals surface area contributed by atoms with E-state index in [-0.39, 0.29) is 5.75 Å². The van der Waals surface area contributed by atoms with Crippen LogP contribution < -0.4 is 10.1 Å². The Balaban J connectivity index is 1.74. The van der Waals surface area contributed by atoms with E-state index in [1.165, 1.54) is 28.9 Å². The molecule has 0 bridgehead atoms. The Bertz CT molecular complexity index is 1030. The molecule has 28 heavy (non-hydrogen) atoms. The van der Waals surface area contributed by atoms with E-state index in [0.29, 0.717) is 17.2 Å². The maximum absolute atomic E-state index is 13.3. The van der Waals surface area contributed by atoms with Crippen molar-refractivity contribution in [3.8, 4) is 11.4 Å². The number of hydrogen-bond acceptors (Lipinski definition) is 5. The molecular formula is C18H14F2N4O4. The minimum absolute atomic E-state index is 0.298. The molecule has 0 radical (unpaired) electrons. The lowest BCUT2D eigenvalue weighted by Gasteiger charge is -2.10. The number of benzene rings is 2. The molecule has 0 saturated carbocycles. The van der Waals surface area contributed by atoms with Crippen LogP contribution in [-0.4, -0.2) is 27.2 Å². The van der Waals surface area contributed by atoms with Crippen molar-refractivity contribution in [1.29, 1.82) is 0 Å². The molecule has 0 aliphatic carbocycles. The Morgan fingerprint density at radius 1 is 1.18 bits per heavy atom. The molecule has 1 heterocycles. The summed E-state index contributed by atoms with van der Waals surface area (Å²) in [6, 6.07) is 9.79. The van der Waals surface area contributed by atoms with Crippen LogP contribution in [0.4, 0.5) is 20.3 Å². The first-order chi connectivity index (χ1) is 13.3. The molecule has 2 aromatic carbocycles. The second-order valence-corrected chi connectivity index (χ2v) is 5.77. The molecule has 8 nitrogen and oxygen atoms in total. The van der Waals surface area contributed by atoms with Crippen molar-refractivity contribution < 1.29 is 23.2 Å². The molecule has 0 unspecified atom stereocenters. The van der Waals surface area contributed by atoms with E-state index in [1.807, 2.05) is 0 Å². The van der Waals surface area contributed by atoms with Crippen LogP contribution >= 0.6 is 0 Å². The maximum Gasteiger partial charge on any atom is 0.311 e. The first-order valence-electron chi connectivity index (χ1n) is 8.02. The van der Waals surface area contributed by atoms with Crippen molar-refractivity contribution in [3.63, 3.8) is 0 Å². The summed E-state index contributed by atoms with van der Waals surface area (Å²) in [5, 5.41) is 17.7. The quantitative estimate of drug-likeness (QED) is 0.515. The van der Waals surface area contributed by atoms with Crippen LogP contribution in [-0.2, 0) is 4.79 Å². The van der Waals surface area contributed by atoms with Crippen molar-refractivity contribution in [1.82, 2.24) is 9.78 Å². The molecule has 1 aromatic heterocycles. The zero-order valence-corrected chi connectivity index (χ0v) is 14.6. The highest BCUT2D eigenvalue weighted by atomic mass is 19.1. The van der Waals surface area contributed by atoms with Gasteiger partial charge in [0.15, 0.2) is 6.61 Å². The van der Waals surface area contributed by atoms with E-state index >= 15 is 0 Å². The number of aromatic nitrogens is 2. The fraction of sp³-hybridized carbons (Fsp3) is 0.111.